The summed E-state index contributed by atoms with van der Waals surface area (Å²) >= 11 is 0. The summed E-state index contributed by atoms with van der Waals surface area (Å²) in [6, 6.07) is 6.19. The number of rotatable bonds is 5. The first-order valence-corrected chi connectivity index (χ1v) is 9.01. The van der Waals surface area contributed by atoms with E-state index in [-0.39, 0.29) is 30.2 Å². The minimum atomic E-state index is -1.10. The van der Waals surface area contributed by atoms with Crippen LogP contribution in [0.15, 0.2) is 24.3 Å². The Morgan fingerprint density at radius 1 is 1.23 bits per heavy atom. The van der Waals surface area contributed by atoms with Crippen LogP contribution in [0, 0.1) is 11.8 Å². The number of imide groups is 1. The van der Waals surface area contributed by atoms with E-state index in [0.717, 1.165) is 10.5 Å². The smallest absolute Gasteiger partial charge is 0.368 e. The molecule has 1 aromatic carbocycles. The van der Waals surface area contributed by atoms with Gasteiger partial charge in [-0.1, -0.05) is 6.92 Å². The van der Waals surface area contributed by atoms with Crippen LogP contribution in [0.4, 0.5) is 0 Å². The van der Waals surface area contributed by atoms with Gasteiger partial charge in [0.2, 0.25) is 17.4 Å². The number of fused-ring (bicyclic) bond motifs is 1. The van der Waals surface area contributed by atoms with E-state index in [4.69, 9.17) is 4.74 Å². The van der Waals surface area contributed by atoms with E-state index in [9.17, 15) is 19.5 Å². The predicted molar refractivity (Wildman–Crippen MR) is 91.8 cm³/mol. The van der Waals surface area contributed by atoms with Gasteiger partial charge in [-0.15, -0.1) is 0 Å². The summed E-state index contributed by atoms with van der Waals surface area (Å²) in [5, 5.41) is 11.4. The molecular weight excluding hydrogens is 336 g/mol. The van der Waals surface area contributed by atoms with Crippen LogP contribution in [0.2, 0.25) is 0 Å². The third kappa shape index (κ3) is 2.58. The molecule has 140 valence electrons. The van der Waals surface area contributed by atoms with Gasteiger partial charge in [-0.2, -0.15) is 0 Å². The molecule has 3 N–H and O–H groups in total. The number of likely N-dealkylation sites (tertiary alicyclic amines) is 1. The number of benzene rings is 1. The fourth-order valence-corrected chi connectivity index (χ4v) is 4.48. The first-order valence-electron chi connectivity index (χ1n) is 9.01. The van der Waals surface area contributed by atoms with Crippen molar-refractivity contribution in [2.75, 3.05) is 13.7 Å². The molecule has 26 heavy (non-hydrogen) atoms. The molecule has 1 aromatic rings. The second kappa shape index (κ2) is 6.72. The molecule has 2 fully saturated rings. The zero-order valence-corrected chi connectivity index (χ0v) is 15.3. The zero-order chi connectivity index (χ0) is 19.1. The van der Waals surface area contributed by atoms with Gasteiger partial charge in [0.1, 0.15) is 23.6 Å². The van der Waals surface area contributed by atoms with Crippen molar-refractivity contribution in [1.29, 1.82) is 0 Å². The third-order valence-electron chi connectivity index (χ3n) is 5.59. The van der Waals surface area contributed by atoms with Crippen LogP contribution in [-0.4, -0.2) is 47.0 Å². The highest BCUT2D eigenvalue weighted by atomic mass is 16.5. The normalized spacial score (nSPS) is 30.6. The van der Waals surface area contributed by atoms with Gasteiger partial charge < -0.3 is 15.2 Å². The molecule has 0 unspecified atom stereocenters. The van der Waals surface area contributed by atoms with Gasteiger partial charge in [-0.05, 0) is 37.6 Å². The number of amides is 2. The van der Waals surface area contributed by atoms with Crippen LogP contribution in [-0.2, 0) is 19.1 Å². The lowest BCUT2D eigenvalue weighted by Crippen LogP contribution is -2.98. The summed E-state index contributed by atoms with van der Waals surface area (Å²) in [6.07, 6.45) is 1.14. The first kappa shape index (κ1) is 18.4. The van der Waals surface area contributed by atoms with E-state index in [1.165, 1.54) is 7.05 Å². The van der Waals surface area contributed by atoms with E-state index < -0.39 is 23.3 Å². The average Bonchev–Trinajstić information content (AvgIpc) is 3.07. The van der Waals surface area contributed by atoms with Crippen LogP contribution in [0.5, 0.6) is 5.75 Å². The summed E-state index contributed by atoms with van der Waals surface area (Å²) in [7, 11) is 1.47. The lowest BCUT2D eigenvalue weighted by Gasteiger charge is -2.28. The number of carbonyl (C=O) groups is 3. The second-order valence-corrected chi connectivity index (χ2v) is 7.03. The number of ether oxygens (including phenoxy) is 1. The Bertz CT molecular complexity index is 732. The van der Waals surface area contributed by atoms with Gasteiger partial charge in [0.05, 0.1) is 6.61 Å². The molecule has 0 saturated carbocycles. The number of carbonyl (C=O) groups excluding carboxylic acids is 3. The number of nitrogens with zero attached hydrogens (tertiary/aromatic N) is 1. The summed E-state index contributed by atoms with van der Waals surface area (Å²) in [5.41, 5.74) is -0.299. The second-order valence-electron chi connectivity index (χ2n) is 7.03. The Hall–Kier alpha value is -2.41. The van der Waals surface area contributed by atoms with Gasteiger partial charge >= 0.3 is 5.97 Å². The van der Waals surface area contributed by atoms with Gasteiger partial charge in [-0.25, -0.2) is 4.79 Å². The highest BCUT2D eigenvalue weighted by Crippen LogP contribution is 2.45. The molecule has 0 bridgehead atoms. The molecule has 2 heterocycles. The fraction of sp³-hybridized carbons (Fsp3) is 0.526. The number of quaternary nitrogens is 1. The summed E-state index contributed by atoms with van der Waals surface area (Å²) in [5.74, 6) is -2.25. The molecule has 2 aliphatic rings. The number of phenols is 1. The SMILES string of the molecule is CCC[C@]1(C(=O)OCC)[NH2+][C@@H](c2ccc(O)cc2)[C@H]2C(=O)N(C)C(=O)[C@H]21. The maximum atomic E-state index is 12.9. The molecule has 2 amide bonds. The Morgan fingerprint density at radius 2 is 1.88 bits per heavy atom. The van der Waals surface area contributed by atoms with E-state index in [2.05, 4.69) is 0 Å². The highest BCUT2D eigenvalue weighted by Gasteiger charge is 2.71. The Labute approximate surface area is 152 Å². The Kier molecular flexibility index (Phi) is 4.75. The summed E-state index contributed by atoms with van der Waals surface area (Å²) in [4.78, 5) is 39.7. The molecule has 0 aliphatic carbocycles. The van der Waals surface area contributed by atoms with Crippen molar-refractivity contribution in [3.8, 4) is 5.75 Å². The monoisotopic (exact) mass is 361 g/mol. The number of phenolic OH excluding ortho intramolecular Hbond substituents is 1. The maximum Gasteiger partial charge on any atom is 0.368 e. The topological polar surface area (TPSA) is 101 Å². The molecule has 0 spiro atoms. The molecule has 4 atom stereocenters. The fourth-order valence-electron chi connectivity index (χ4n) is 4.48. The van der Waals surface area contributed by atoms with E-state index in [0.29, 0.717) is 12.8 Å². The van der Waals surface area contributed by atoms with E-state index in [1.54, 1.807) is 31.2 Å². The summed E-state index contributed by atoms with van der Waals surface area (Å²) < 4.78 is 5.32. The molecule has 2 saturated heterocycles. The van der Waals surface area contributed by atoms with Crippen LogP contribution < -0.4 is 5.32 Å². The van der Waals surface area contributed by atoms with Crippen LogP contribution >= 0.6 is 0 Å². The molecule has 0 aromatic heterocycles. The van der Waals surface area contributed by atoms with Gasteiger partial charge in [0.15, 0.2) is 0 Å². The van der Waals surface area contributed by atoms with Crippen LogP contribution in [0.3, 0.4) is 0 Å². The number of aromatic hydroxyl groups is 1. The highest BCUT2D eigenvalue weighted by molar-refractivity contribution is 6.08. The van der Waals surface area contributed by atoms with Crippen LogP contribution in [0.25, 0.3) is 0 Å². The van der Waals surface area contributed by atoms with Gasteiger partial charge in [0, 0.05) is 19.0 Å². The molecule has 2 aliphatic heterocycles. The van der Waals surface area contributed by atoms with Crippen molar-refractivity contribution in [2.45, 2.75) is 38.3 Å². The lowest BCUT2D eigenvalue weighted by molar-refractivity contribution is -0.735. The maximum absolute atomic E-state index is 12.9. The molecule has 7 heteroatoms. The lowest BCUT2D eigenvalue weighted by atomic mass is 9.77. The van der Waals surface area contributed by atoms with Crippen molar-refractivity contribution in [1.82, 2.24) is 4.90 Å². The van der Waals surface area contributed by atoms with E-state index in [1.807, 2.05) is 12.2 Å². The quantitative estimate of drug-likeness (QED) is 0.582. The number of esters is 1. The zero-order valence-electron chi connectivity index (χ0n) is 15.3. The standard InChI is InChI=1S/C19H24N2O5/c1-4-10-19(18(25)26-5-2)14-13(16(23)21(3)17(14)24)15(20-19)11-6-8-12(22)9-7-11/h6-9,13-15,20,22H,4-5,10H2,1-3H3/p+1/t13-,14-,15-,19-/m0/s1. The largest absolute Gasteiger partial charge is 0.508 e. The molecule has 7 nitrogen and oxygen atoms in total. The van der Waals surface area contributed by atoms with Crippen molar-refractivity contribution in [2.24, 2.45) is 11.8 Å². The molecular formula is C19H25N2O5+. The molecule has 3 rings (SSSR count). The van der Waals surface area contributed by atoms with Crippen molar-refractivity contribution in [3.63, 3.8) is 0 Å². The van der Waals surface area contributed by atoms with Gasteiger partial charge in [-0.3, -0.25) is 14.5 Å². The summed E-state index contributed by atoms with van der Waals surface area (Å²) in [6.45, 7) is 3.90. The van der Waals surface area contributed by atoms with Crippen molar-refractivity contribution in [3.05, 3.63) is 29.8 Å². The minimum absolute atomic E-state index is 0.124. The number of hydrogen-bond donors (Lipinski definition) is 2. The third-order valence-corrected chi connectivity index (χ3v) is 5.59. The number of nitrogens with two attached hydrogens (primary N) is 1. The minimum Gasteiger partial charge on any atom is -0.508 e. The van der Waals surface area contributed by atoms with Crippen molar-refractivity contribution < 1.29 is 29.5 Å². The Balaban J connectivity index is 2.11. The van der Waals surface area contributed by atoms with Gasteiger partial charge in [0.25, 0.3) is 0 Å². The predicted octanol–water partition coefficient (Wildman–Crippen LogP) is 0.343. The Morgan fingerprint density at radius 3 is 2.46 bits per heavy atom. The van der Waals surface area contributed by atoms with Crippen LogP contribution in [0.1, 0.15) is 38.3 Å². The average molecular weight is 361 g/mol. The van der Waals surface area contributed by atoms with Crippen molar-refractivity contribution >= 4 is 17.8 Å². The van der Waals surface area contributed by atoms with E-state index >= 15 is 0 Å². The first-order chi connectivity index (χ1) is 12.4. The number of hydrogen-bond acceptors (Lipinski definition) is 5. The molecule has 0 radical (unpaired) electrons.